The van der Waals surface area contributed by atoms with Gasteiger partial charge in [0, 0.05) is 29.2 Å². The van der Waals surface area contributed by atoms with Gasteiger partial charge in [0.05, 0.1) is 11.0 Å². The van der Waals surface area contributed by atoms with Crippen LogP contribution in [0.25, 0.3) is 38.8 Å². The Morgan fingerprint density at radius 3 is 2.29 bits per heavy atom. The number of ether oxygens (including phenoxy) is 1. The molecular weight excluding hydrogens is 466 g/mol. The first-order valence-corrected chi connectivity index (χ1v) is 13.2. The van der Waals surface area contributed by atoms with Crippen LogP contribution in [-0.2, 0) is 0 Å². The minimum absolute atomic E-state index is 0.356. The number of hydrogen-bond acceptors (Lipinski definition) is 3. The van der Waals surface area contributed by atoms with Gasteiger partial charge in [-0.1, -0.05) is 76.2 Å². The summed E-state index contributed by atoms with van der Waals surface area (Å²) in [7, 11) is 0. The average Bonchev–Trinajstić information content (AvgIpc) is 3.27. The number of hydrogen-bond donors (Lipinski definition) is 0. The van der Waals surface area contributed by atoms with Crippen molar-refractivity contribution in [2.45, 2.75) is 39.5 Å². The molecular formula is C34H31N3O. The highest BCUT2D eigenvalue weighted by Crippen LogP contribution is 2.37. The molecule has 0 bridgehead atoms. The topological polar surface area (TPSA) is 39.9 Å². The predicted octanol–water partition coefficient (Wildman–Crippen LogP) is 9.28. The Kier molecular flexibility index (Phi) is 6.16. The number of fused-ring (bicyclic) bond motifs is 3. The molecule has 0 radical (unpaired) electrons. The standard InChI is InChI=1S/C34H31N3O/c1-22(2)24-16-18-35-33(21-24)38-27-10-7-9-25(19-27)26-14-15-30-29-11-5-6-13-31(29)37(32(30)20-26)34-28(23(3)4)12-8-17-36-34/h5-23H,1-4H3. The van der Waals surface area contributed by atoms with Crippen molar-refractivity contribution < 1.29 is 4.74 Å². The summed E-state index contributed by atoms with van der Waals surface area (Å²) in [6.07, 6.45) is 3.69. The summed E-state index contributed by atoms with van der Waals surface area (Å²) in [5.41, 5.74) is 6.95. The van der Waals surface area contributed by atoms with Crippen LogP contribution in [0.15, 0.2) is 103 Å². The second-order valence-corrected chi connectivity index (χ2v) is 10.4. The van der Waals surface area contributed by atoms with E-state index in [1.807, 2.05) is 42.7 Å². The Bertz CT molecular complexity index is 1760. The SMILES string of the molecule is CC(C)c1ccnc(Oc2cccc(-c3ccc4c5ccccc5n(-c5ncccc5C(C)C)c4c3)c2)c1. The fourth-order valence-corrected chi connectivity index (χ4v) is 5.12. The van der Waals surface area contributed by atoms with Gasteiger partial charge in [-0.05, 0) is 70.5 Å². The first-order valence-electron chi connectivity index (χ1n) is 13.2. The third-order valence-electron chi connectivity index (χ3n) is 7.14. The molecule has 0 fully saturated rings. The van der Waals surface area contributed by atoms with E-state index in [2.05, 4.69) is 97.9 Å². The summed E-state index contributed by atoms with van der Waals surface area (Å²) in [6.45, 7) is 8.78. The van der Waals surface area contributed by atoms with Gasteiger partial charge < -0.3 is 4.74 Å². The lowest BCUT2D eigenvalue weighted by Crippen LogP contribution is -2.03. The van der Waals surface area contributed by atoms with Crippen molar-refractivity contribution in [1.29, 1.82) is 0 Å². The Morgan fingerprint density at radius 1 is 0.632 bits per heavy atom. The fraction of sp³-hybridized carbons (Fsp3) is 0.176. The molecule has 0 aliphatic rings. The number of benzene rings is 3. The molecule has 0 aliphatic carbocycles. The van der Waals surface area contributed by atoms with Crippen LogP contribution >= 0.6 is 0 Å². The zero-order chi connectivity index (χ0) is 26.2. The Hall–Kier alpha value is -4.44. The Morgan fingerprint density at radius 2 is 1.45 bits per heavy atom. The highest BCUT2D eigenvalue weighted by molar-refractivity contribution is 6.10. The minimum Gasteiger partial charge on any atom is -0.439 e. The number of para-hydroxylation sites is 1. The molecule has 3 heterocycles. The van der Waals surface area contributed by atoms with Crippen molar-refractivity contribution in [2.75, 3.05) is 0 Å². The quantitative estimate of drug-likeness (QED) is 0.230. The van der Waals surface area contributed by atoms with E-state index in [1.54, 1.807) is 0 Å². The first kappa shape index (κ1) is 23.9. The molecule has 3 aromatic carbocycles. The van der Waals surface area contributed by atoms with Gasteiger partial charge in [-0.15, -0.1) is 0 Å². The van der Waals surface area contributed by atoms with E-state index in [4.69, 9.17) is 9.72 Å². The smallest absolute Gasteiger partial charge is 0.219 e. The number of rotatable bonds is 6. The molecule has 38 heavy (non-hydrogen) atoms. The molecule has 4 heteroatoms. The monoisotopic (exact) mass is 497 g/mol. The fourth-order valence-electron chi connectivity index (χ4n) is 5.12. The van der Waals surface area contributed by atoms with E-state index in [1.165, 1.54) is 21.9 Å². The molecule has 0 atom stereocenters. The summed E-state index contributed by atoms with van der Waals surface area (Å²) in [6, 6.07) is 31.7. The molecule has 0 aliphatic heterocycles. The van der Waals surface area contributed by atoms with Crippen molar-refractivity contribution in [3.8, 4) is 28.6 Å². The first-order chi connectivity index (χ1) is 18.5. The van der Waals surface area contributed by atoms with Crippen LogP contribution in [0.4, 0.5) is 0 Å². The predicted molar refractivity (Wildman–Crippen MR) is 157 cm³/mol. The maximum absolute atomic E-state index is 6.18. The summed E-state index contributed by atoms with van der Waals surface area (Å²) in [4.78, 5) is 9.28. The molecule has 0 spiro atoms. The molecule has 0 saturated carbocycles. The van der Waals surface area contributed by atoms with E-state index in [0.29, 0.717) is 17.7 Å². The van der Waals surface area contributed by atoms with Gasteiger partial charge in [-0.2, -0.15) is 0 Å². The molecule has 0 amide bonds. The second-order valence-electron chi connectivity index (χ2n) is 10.4. The lowest BCUT2D eigenvalue weighted by Gasteiger charge is -2.15. The summed E-state index contributed by atoms with van der Waals surface area (Å²) in [5, 5.41) is 2.44. The van der Waals surface area contributed by atoms with Crippen LogP contribution in [0.2, 0.25) is 0 Å². The number of pyridine rings is 2. The van der Waals surface area contributed by atoms with Crippen molar-refractivity contribution in [3.63, 3.8) is 0 Å². The maximum atomic E-state index is 6.18. The normalized spacial score (nSPS) is 11.6. The van der Waals surface area contributed by atoms with Crippen LogP contribution in [-0.4, -0.2) is 14.5 Å². The van der Waals surface area contributed by atoms with Crippen LogP contribution in [0.1, 0.15) is 50.7 Å². The highest BCUT2D eigenvalue weighted by Gasteiger charge is 2.17. The van der Waals surface area contributed by atoms with Crippen molar-refractivity contribution in [3.05, 3.63) is 115 Å². The van der Waals surface area contributed by atoms with Gasteiger partial charge in [0.1, 0.15) is 11.6 Å². The largest absolute Gasteiger partial charge is 0.439 e. The summed E-state index contributed by atoms with van der Waals surface area (Å²) in [5.74, 6) is 3.14. The Labute approximate surface area is 223 Å². The average molecular weight is 498 g/mol. The zero-order valence-electron chi connectivity index (χ0n) is 22.2. The summed E-state index contributed by atoms with van der Waals surface area (Å²) < 4.78 is 8.49. The molecule has 0 unspecified atom stereocenters. The molecule has 6 aromatic rings. The van der Waals surface area contributed by atoms with Gasteiger partial charge in [0.15, 0.2) is 0 Å². The van der Waals surface area contributed by atoms with E-state index in [-0.39, 0.29) is 0 Å². The van der Waals surface area contributed by atoms with Crippen molar-refractivity contribution >= 4 is 21.8 Å². The van der Waals surface area contributed by atoms with Gasteiger partial charge in [0.25, 0.3) is 0 Å². The van der Waals surface area contributed by atoms with E-state index < -0.39 is 0 Å². The molecule has 0 N–H and O–H groups in total. The lowest BCUT2D eigenvalue weighted by molar-refractivity contribution is 0.462. The van der Waals surface area contributed by atoms with Crippen molar-refractivity contribution in [2.24, 2.45) is 0 Å². The van der Waals surface area contributed by atoms with Gasteiger partial charge in [-0.3, -0.25) is 4.57 Å². The molecule has 188 valence electrons. The van der Waals surface area contributed by atoms with Gasteiger partial charge >= 0.3 is 0 Å². The molecule has 4 nitrogen and oxygen atoms in total. The third kappa shape index (κ3) is 4.32. The van der Waals surface area contributed by atoms with E-state index in [9.17, 15) is 0 Å². The van der Waals surface area contributed by atoms with E-state index in [0.717, 1.165) is 33.7 Å². The third-order valence-corrected chi connectivity index (χ3v) is 7.14. The molecule has 6 rings (SSSR count). The van der Waals surface area contributed by atoms with Crippen LogP contribution in [0.5, 0.6) is 11.6 Å². The van der Waals surface area contributed by atoms with Crippen LogP contribution in [0.3, 0.4) is 0 Å². The Balaban J connectivity index is 1.47. The second kappa shape index (κ2) is 9.79. The molecule has 0 saturated heterocycles. The minimum atomic E-state index is 0.356. The maximum Gasteiger partial charge on any atom is 0.219 e. The lowest BCUT2D eigenvalue weighted by atomic mass is 10.0. The van der Waals surface area contributed by atoms with Crippen LogP contribution < -0.4 is 4.74 Å². The highest BCUT2D eigenvalue weighted by atomic mass is 16.5. The van der Waals surface area contributed by atoms with Gasteiger partial charge in [0.2, 0.25) is 5.88 Å². The van der Waals surface area contributed by atoms with Crippen molar-refractivity contribution in [1.82, 2.24) is 14.5 Å². The van der Waals surface area contributed by atoms with Crippen LogP contribution in [0, 0.1) is 0 Å². The number of nitrogens with zero attached hydrogens (tertiary/aromatic N) is 3. The molecule has 3 aromatic heterocycles. The summed E-state index contributed by atoms with van der Waals surface area (Å²) >= 11 is 0. The number of aromatic nitrogens is 3. The zero-order valence-corrected chi connectivity index (χ0v) is 22.2. The van der Waals surface area contributed by atoms with E-state index >= 15 is 0 Å². The van der Waals surface area contributed by atoms with Gasteiger partial charge in [-0.25, -0.2) is 9.97 Å².